The van der Waals surface area contributed by atoms with E-state index in [0.29, 0.717) is 47.3 Å². The van der Waals surface area contributed by atoms with Gasteiger partial charge in [0.15, 0.2) is 0 Å². The van der Waals surface area contributed by atoms with Gasteiger partial charge in [0.1, 0.15) is 5.75 Å². The number of benzene rings is 2. The zero-order valence-electron chi connectivity index (χ0n) is 14.2. The molecule has 0 bridgehead atoms. The van der Waals surface area contributed by atoms with Crippen LogP contribution in [0.2, 0.25) is 5.02 Å². The molecule has 0 radical (unpaired) electrons. The molecule has 1 fully saturated rings. The van der Waals surface area contributed by atoms with Crippen molar-refractivity contribution in [3.8, 4) is 5.75 Å². The van der Waals surface area contributed by atoms with Gasteiger partial charge in [0.2, 0.25) is 10.0 Å². The highest BCUT2D eigenvalue weighted by molar-refractivity contribution is 7.93. The SMILES string of the molecule is CCOc1ccc(Cl)cc1NC(=O)c1ccc(N2CCCS2(=O)=O)cc1. The number of carbonyl (C=O) groups is 1. The molecule has 2 aromatic rings. The lowest BCUT2D eigenvalue weighted by Crippen LogP contribution is -2.25. The number of nitrogens with one attached hydrogen (secondary N) is 1. The molecule has 3 rings (SSSR count). The molecule has 6 nitrogen and oxygen atoms in total. The lowest BCUT2D eigenvalue weighted by molar-refractivity contribution is 0.102. The van der Waals surface area contributed by atoms with E-state index in [1.807, 2.05) is 6.92 Å². The van der Waals surface area contributed by atoms with Gasteiger partial charge in [-0.1, -0.05) is 11.6 Å². The van der Waals surface area contributed by atoms with Gasteiger partial charge in [-0.2, -0.15) is 0 Å². The van der Waals surface area contributed by atoms with Crippen LogP contribution in [0.3, 0.4) is 0 Å². The average molecular weight is 395 g/mol. The lowest BCUT2D eigenvalue weighted by atomic mass is 10.2. The number of amides is 1. The van der Waals surface area contributed by atoms with Gasteiger partial charge in [-0.25, -0.2) is 8.42 Å². The second kappa shape index (κ2) is 7.55. The monoisotopic (exact) mass is 394 g/mol. The van der Waals surface area contributed by atoms with Crippen molar-refractivity contribution in [3.05, 3.63) is 53.1 Å². The largest absolute Gasteiger partial charge is 0.492 e. The average Bonchev–Trinajstić information content (AvgIpc) is 2.97. The van der Waals surface area contributed by atoms with E-state index < -0.39 is 10.0 Å². The molecule has 0 unspecified atom stereocenters. The van der Waals surface area contributed by atoms with E-state index in [1.165, 1.54) is 4.31 Å². The standard InChI is InChI=1S/C18H19ClN2O4S/c1-2-25-17-9-6-14(19)12-16(17)20-18(22)13-4-7-15(8-5-13)21-10-3-11-26(21,23)24/h4-9,12H,2-3,10-11H2,1H3,(H,20,22). The van der Waals surface area contributed by atoms with Gasteiger partial charge in [0, 0.05) is 17.1 Å². The van der Waals surface area contributed by atoms with Crippen molar-refractivity contribution in [3.63, 3.8) is 0 Å². The molecule has 138 valence electrons. The van der Waals surface area contributed by atoms with E-state index in [9.17, 15) is 13.2 Å². The maximum Gasteiger partial charge on any atom is 0.255 e. The number of hydrogen-bond donors (Lipinski definition) is 1. The molecule has 1 amide bonds. The number of carbonyl (C=O) groups excluding carboxylic acids is 1. The first-order valence-electron chi connectivity index (χ1n) is 8.25. The fraction of sp³-hybridized carbons (Fsp3) is 0.278. The van der Waals surface area contributed by atoms with Crippen LogP contribution in [0.4, 0.5) is 11.4 Å². The van der Waals surface area contributed by atoms with Crippen molar-refractivity contribution in [1.29, 1.82) is 0 Å². The van der Waals surface area contributed by atoms with Crippen molar-refractivity contribution in [1.82, 2.24) is 0 Å². The zero-order valence-corrected chi connectivity index (χ0v) is 15.8. The van der Waals surface area contributed by atoms with Gasteiger partial charge >= 0.3 is 0 Å². The fourth-order valence-corrected chi connectivity index (χ4v) is 4.52. The summed E-state index contributed by atoms with van der Waals surface area (Å²) < 4.78 is 30.8. The van der Waals surface area contributed by atoms with Crippen LogP contribution in [0, 0.1) is 0 Å². The Morgan fingerprint density at radius 3 is 2.58 bits per heavy atom. The molecule has 1 saturated heterocycles. The smallest absolute Gasteiger partial charge is 0.255 e. The van der Waals surface area contributed by atoms with Crippen LogP contribution < -0.4 is 14.4 Å². The quantitative estimate of drug-likeness (QED) is 0.841. The first-order chi connectivity index (χ1) is 12.4. The number of anilines is 2. The molecule has 0 aliphatic carbocycles. The Morgan fingerprint density at radius 2 is 1.96 bits per heavy atom. The molecule has 8 heteroatoms. The Balaban J connectivity index is 1.78. The summed E-state index contributed by atoms with van der Waals surface area (Å²) in [5.41, 5.74) is 1.46. The molecule has 0 atom stereocenters. The topological polar surface area (TPSA) is 75.7 Å². The van der Waals surface area contributed by atoms with Crippen LogP contribution >= 0.6 is 11.6 Å². The molecule has 2 aromatic carbocycles. The van der Waals surface area contributed by atoms with E-state index in [1.54, 1.807) is 42.5 Å². The molecule has 0 spiro atoms. The number of nitrogens with zero attached hydrogens (tertiary/aromatic N) is 1. The van der Waals surface area contributed by atoms with Gasteiger partial charge in [-0.3, -0.25) is 9.10 Å². The highest BCUT2D eigenvalue weighted by atomic mass is 35.5. The number of halogens is 1. The second-order valence-corrected chi connectivity index (χ2v) is 8.27. The lowest BCUT2D eigenvalue weighted by Gasteiger charge is -2.17. The predicted octanol–water partition coefficient (Wildman–Crippen LogP) is 3.53. The van der Waals surface area contributed by atoms with Crippen LogP contribution in [0.5, 0.6) is 5.75 Å². The molecule has 1 N–H and O–H groups in total. The van der Waals surface area contributed by atoms with Crippen LogP contribution in [0.25, 0.3) is 0 Å². The highest BCUT2D eigenvalue weighted by Crippen LogP contribution is 2.29. The molecule has 1 aliphatic rings. The summed E-state index contributed by atoms with van der Waals surface area (Å²) in [6.07, 6.45) is 0.611. The van der Waals surface area contributed by atoms with Crippen LogP contribution in [-0.2, 0) is 10.0 Å². The fourth-order valence-electron chi connectivity index (χ4n) is 2.78. The number of sulfonamides is 1. The van der Waals surface area contributed by atoms with Gasteiger partial charge in [0.05, 0.1) is 23.7 Å². The Hall–Kier alpha value is -2.25. The summed E-state index contributed by atoms with van der Waals surface area (Å²) in [6.45, 7) is 2.78. The number of hydrogen-bond acceptors (Lipinski definition) is 4. The van der Waals surface area contributed by atoms with Crippen LogP contribution in [-0.4, -0.2) is 33.2 Å². The van der Waals surface area contributed by atoms with Crippen molar-refractivity contribution in [2.24, 2.45) is 0 Å². The minimum atomic E-state index is -3.24. The minimum absolute atomic E-state index is 0.157. The summed E-state index contributed by atoms with van der Waals surface area (Å²) >= 11 is 6.00. The molecule has 0 saturated carbocycles. The summed E-state index contributed by atoms with van der Waals surface area (Å²) in [7, 11) is -3.24. The predicted molar refractivity (Wildman–Crippen MR) is 103 cm³/mol. The van der Waals surface area contributed by atoms with Gasteiger partial charge < -0.3 is 10.1 Å². The van der Waals surface area contributed by atoms with Crippen LogP contribution in [0.15, 0.2) is 42.5 Å². The third-order valence-corrected chi connectivity index (χ3v) is 6.11. The second-order valence-electron chi connectivity index (χ2n) is 5.82. The first kappa shape index (κ1) is 18.5. The molecule has 1 heterocycles. The molecule has 1 aliphatic heterocycles. The summed E-state index contributed by atoms with van der Waals surface area (Å²) in [6, 6.07) is 11.5. The highest BCUT2D eigenvalue weighted by Gasteiger charge is 2.28. The summed E-state index contributed by atoms with van der Waals surface area (Å²) in [5.74, 6) is 0.360. The molecule has 26 heavy (non-hydrogen) atoms. The van der Waals surface area contributed by atoms with E-state index in [0.717, 1.165) is 0 Å². The van der Waals surface area contributed by atoms with Gasteiger partial charge in [-0.15, -0.1) is 0 Å². The Morgan fingerprint density at radius 1 is 1.23 bits per heavy atom. The van der Waals surface area contributed by atoms with Crippen LogP contribution in [0.1, 0.15) is 23.7 Å². The number of ether oxygens (including phenoxy) is 1. The van der Waals surface area contributed by atoms with E-state index in [-0.39, 0.29) is 11.7 Å². The van der Waals surface area contributed by atoms with Crippen molar-refractivity contribution >= 4 is 38.9 Å². The Bertz CT molecular complexity index is 913. The molecular weight excluding hydrogens is 376 g/mol. The Labute approximate surface area is 157 Å². The van der Waals surface area contributed by atoms with E-state index in [2.05, 4.69) is 5.32 Å². The van der Waals surface area contributed by atoms with Crippen molar-refractivity contribution in [2.75, 3.05) is 28.5 Å². The van der Waals surface area contributed by atoms with Crippen molar-refractivity contribution in [2.45, 2.75) is 13.3 Å². The third-order valence-electron chi connectivity index (χ3n) is 4.01. The molecular formula is C18H19ClN2O4S. The maximum absolute atomic E-state index is 12.5. The Kier molecular flexibility index (Phi) is 5.38. The van der Waals surface area contributed by atoms with Gasteiger partial charge in [0.25, 0.3) is 5.91 Å². The van der Waals surface area contributed by atoms with Gasteiger partial charge in [-0.05, 0) is 55.8 Å². The maximum atomic E-state index is 12.5. The first-order valence-corrected chi connectivity index (χ1v) is 10.2. The van der Waals surface area contributed by atoms with E-state index in [4.69, 9.17) is 16.3 Å². The summed E-state index contributed by atoms with van der Waals surface area (Å²) in [5, 5.41) is 3.26. The minimum Gasteiger partial charge on any atom is -0.492 e. The zero-order chi connectivity index (χ0) is 18.7. The van der Waals surface area contributed by atoms with Crippen molar-refractivity contribution < 1.29 is 17.9 Å². The normalized spacial score (nSPS) is 15.7. The number of rotatable bonds is 5. The van der Waals surface area contributed by atoms with E-state index >= 15 is 0 Å². The molecule has 0 aromatic heterocycles. The summed E-state index contributed by atoms with van der Waals surface area (Å²) in [4.78, 5) is 12.5. The third kappa shape index (κ3) is 3.94.